The smallest absolute Gasteiger partial charge is 0.418 e. The molecule has 0 bridgehead atoms. The third-order valence-corrected chi connectivity index (χ3v) is 3.80. The zero-order valence-electron chi connectivity index (χ0n) is 11.5. The van der Waals surface area contributed by atoms with Gasteiger partial charge in [0.2, 0.25) is 5.88 Å². The van der Waals surface area contributed by atoms with Crippen LogP contribution in [-0.4, -0.2) is 12.1 Å². The van der Waals surface area contributed by atoms with E-state index in [2.05, 4.69) is 20.9 Å². The fourth-order valence-electron chi connectivity index (χ4n) is 1.74. The molecule has 0 saturated heterocycles. The summed E-state index contributed by atoms with van der Waals surface area (Å²) in [6, 6.07) is 3.54. The average Bonchev–Trinajstić information content (AvgIpc) is 2.44. The Hall–Kier alpha value is -1.83. The molecule has 0 spiro atoms. The first-order chi connectivity index (χ1) is 10.2. The quantitative estimate of drug-likeness (QED) is 0.694. The van der Waals surface area contributed by atoms with Gasteiger partial charge in [-0.1, -0.05) is 0 Å². The van der Waals surface area contributed by atoms with E-state index in [1.165, 1.54) is 20.1 Å². The summed E-state index contributed by atoms with van der Waals surface area (Å²) in [6.07, 6.45) is -3.82. The molecule has 0 N–H and O–H groups in total. The van der Waals surface area contributed by atoms with E-state index < -0.39 is 17.6 Å². The van der Waals surface area contributed by atoms with Crippen molar-refractivity contribution in [1.82, 2.24) is 4.98 Å². The highest BCUT2D eigenvalue weighted by molar-refractivity contribution is 9.10. The van der Waals surface area contributed by atoms with E-state index in [0.717, 1.165) is 12.1 Å². The fraction of sp³-hybridized carbons (Fsp3) is 0.214. The van der Waals surface area contributed by atoms with Crippen LogP contribution in [0.25, 0.3) is 0 Å². The second-order valence-electron chi connectivity index (χ2n) is 4.31. The lowest BCUT2D eigenvalue weighted by atomic mass is 10.1. The Kier molecular flexibility index (Phi) is 4.60. The molecular weight excluding hydrogens is 370 g/mol. The number of pyridine rings is 1. The van der Waals surface area contributed by atoms with E-state index in [1.807, 2.05) is 0 Å². The molecule has 3 nitrogen and oxygen atoms in total. The number of methoxy groups -OCH3 is 1. The molecule has 8 heteroatoms. The van der Waals surface area contributed by atoms with Crippen LogP contribution < -0.4 is 9.47 Å². The molecule has 0 radical (unpaired) electrons. The standard InChI is InChI=1S/C14H10BrF4NO2/c1-7-9(14(17,18)19)6-20-13(12(7)15)22-10-4-3-8(16)5-11(10)21-2/h3-6H,1-2H3. The summed E-state index contributed by atoms with van der Waals surface area (Å²) in [5, 5.41) is 0. The predicted molar refractivity (Wildman–Crippen MR) is 74.7 cm³/mol. The van der Waals surface area contributed by atoms with Crippen LogP contribution in [0.1, 0.15) is 11.1 Å². The molecule has 1 aromatic carbocycles. The normalized spacial score (nSPS) is 11.4. The average molecular weight is 380 g/mol. The van der Waals surface area contributed by atoms with E-state index >= 15 is 0 Å². The molecule has 0 amide bonds. The van der Waals surface area contributed by atoms with Gasteiger partial charge in [-0.15, -0.1) is 0 Å². The molecule has 22 heavy (non-hydrogen) atoms. The van der Waals surface area contributed by atoms with Crippen LogP contribution >= 0.6 is 15.9 Å². The highest BCUT2D eigenvalue weighted by Crippen LogP contribution is 2.40. The molecule has 2 aromatic rings. The third-order valence-electron chi connectivity index (χ3n) is 2.87. The molecule has 118 valence electrons. The van der Waals surface area contributed by atoms with Crippen molar-refractivity contribution < 1.29 is 27.0 Å². The minimum absolute atomic E-state index is 0.0569. The van der Waals surface area contributed by atoms with Gasteiger partial charge in [-0.2, -0.15) is 13.2 Å². The van der Waals surface area contributed by atoms with E-state index in [4.69, 9.17) is 9.47 Å². The van der Waals surface area contributed by atoms with Gasteiger partial charge in [0.25, 0.3) is 0 Å². The summed E-state index contributed by atoms with van der Waals surface area (Å²) in [5.74, 6) is -0.363. The van der Waals surface area contributed by atoms with Crippen molar-refractivity contribution in [2.75, 3.05) is 7.11 Å². The van der Waals surface area contributed by atoms with Crippen molar-refractivity contribution in [3.05, 3.63) is 45.8 Å². The second-order valence-corrected chi connectivity index (χ2v) is 5.10. The van der Waals surface area contributed by atoms with Gasteiger partial charge >= 0.3 is 6.18 Å². The Morgan fingerprint density at radius 3 is 2.45 bits per heavy atom. The van der Waals surface area contributed by atoms with E-state index in [-0.39, 0.29) is 27.4 Å². The van der Waals surface area contributed by atoms with Crippen molar-refractivity contribution in [3.63, 3.8) is 0 Å². The predicted octanol–water partition coefficient (Wildman–Crippen LogP) is 5.11. The zero-order valence-corrected chi connectivity index (χ0v) is 13.0. The van der Waals surface area contributed by atoms with Crippen molar-refractivity contribution in [1.29, 1.82) is 0 Å². The SMILES string of the molecule is COc1cc(F)ccc1Oc1ncc(C(F)(F)F)c(C)c1Br. The maximum atomic E-state index is 13.1. The van der Waals surface area contributed by atoms with Crippen molar-refractivity contribution in [3.8, 4) is 17.4 Å². The Labute approximate surface area is 132 Å². The van der Waals surface area contributed by atoms with Crippen LogP contribution in [0.5, 0.6) is 17.4 Å². The summed E-state index contributed by atoms with van der Waals surface area (Å²) in [4.78, 5) is 3.66. The number of rotatable bonds is 3. The topological polar surface area (TPSA) is 31.4 Å². The first-order valence-corrected chi connectivity index (χ1v) is 6.77. The molecule has 1 aromatic heterocycles. The van der Waals surface area contributed by atoms with Crippen molar-refractivity contribution in [2.24, 2.45) is 0 Å². The number of benzene rings is 1. The van der Waals surface area contributed by atoms with Gasteiger partial charge in [-0.05, 0) is 40.5 Å². The lowest BCUT2D eigenvalue weighted by Gasteiger charge is -2.15. The largest absolute Gasteiger partial charge is 0.493 e. The maximum absolute atomic E-state index is 13.1. The van der Waals surface area contributed by atoms with Gasteiger partial charge in [-0.25, -0.2) is 9.37 Å². The highest BCUT2D eigenvalue weighted by atomic mass is 79.9. The van der Waals surface area contributed by atoms with Gasteiger partial charge in [0.1, 0.15) is 5.82 Å². The summed E-state index contributed by atoms with van der Waals surface area (Å²) in [6.45, 7) is 1.29. The number of alkyl halides is 3. The van der Waals surface area contributed by atoms with E-state index in [1.54, 1.807) is 0 Å². The van der Waals surface area contributed by atoms with Crippen molar-refractivity contribution >= 4 is 15.9 Å². The van der Waals surface area contributed by atoms with Gasteiger partial charge in [0.05, 0.1) is 17.1 Å². The van der Waals surface area contributed by atoms with Gasteiger partial charge in [0.15, 0.2) is 11.5 Å². The first-order valence-electron chi connectivity index (χ1n) is 5.97. The lowest BCUT2D eigenvalue weighted by Crippen LogP contribution is -2.09. The van der Waals surface area contributed by atoms with E-state index in [0.29, 0.717) is 6.20 Å². The molecule has 0 aliphatic rings. The summed E-state index contributed by atoms with van der Waals surface area (Å²) in [7, 11) is 1.32. The number of halogens is 5. The monoisotopic (exact) mass is 379 g/mol. The molecule has 0 fully saturated rings. The zero-order chi connectivity index (χ0) is 16.5. The van der Waals surface area contributed by atoms with Crippen LogP contribution in [0.3, 0.4) is 0 Å². The number of hydrogen-bond donors (Lipinski definition) is 0. The minimum atomic E-state index is -4.51. The Morgan fingerprint density at radius 1 is 1.18 bits per heavy atom. The molecular formula is C14H10BrF4NO2. The van der Waals surface area contributed by atoms with Crippen LogP contribution in [0, 0.1) is 12.7 Å². The lowest BCUT2D eigenvalue weighted by molar-refractivity contribution is -0.138. The molecule has 0 aliphatic carbocycles. The van der Waals surface area contributed by atoms with Gasteiger partial charge in [0, 0.05) is 12.3 Å². The number of hydrogen-bond acceptors (Lipinski definition) is 3. The molecule has 0 saturated carbocycles. The van der Waals surface area contributed by atoms with Crippen LogP contribution in [0.4, 0.5) is 17.6 Å². The summed E-state index contributed by atoms with van der Waals surface area (Å²) < 4.78 is 61.9. The van der Waals surface area contributed by atoms with Crippen LogP contribution in [0.15, 0.2) is 28.9 Å². The first kappa shape index (κ1) is 16.5. The Bertz CT molecular complexity index is 704. The minimum Gasteiger partial charge on any atom is -0.493 e. The number of aromatic nitrogens is 1. The fourth-order valence-corrected chi connectivity index (χ4v) is 2.14. The number of ether oxygens (including phenoxy) is 2. The molecule has 0 aliphatic heterocycles. The Morgan fingerprint density at radius 2 is 1.86 bits per heavy atom. The molecule has 0 atom stereocenters. The van der Waals surface area contributed by atoms with Crippen LogP contribution in [0.2, 0.25) is 0 Å². The van der Waals surface area contributed by atoms with Gasteiger partial charge in [-0.3, -0.25) is 0 Å². The summed E-state index contributed by atoms with van der Waals surface area (Å²) in [5.41, 5.74) is -0.920. The second kappa shape index (κ2) is 6.12. The third kappa shape index (κ3) is 3.32. The number of nitrogens with zero attached hydrogens (tertiary/aromatic N) is 1. The van der Waals surface area contributed by atoms with Gasteiger partial charge < -0.3 is 9.47 Å². The molecule has 2 rings (SSSR count). The Balaban J connectivity index is 2.42. The van der Waals surface area contributed by atoms with Crippen molar-refractivity contribution in [2.45, 2.75) is 13.1 Å². The summed E-state index contributed by atoms with van der Waals surface area (Å²) >= 11 is 3.04. The molecule has 0 unspecified atom stereocenters. The highest BCUT2D eigenvalue weighted by Gasteiger charge is 2.34. The molecule has 1 heterocycles. The van der Waals surface area contributed by atoms with E-state index in [9.17, 15) is 17.6 Å². The maximum Gasteiger partial charge on any atom is 0.418 e. The van der Waals surface area contributed by atoms with Crippen LogP contribution in [-0.2, 0) is 6.18 Å².